The molecule has 92 valence electrons. The van der Waals surface area contributed by atoms with Crippen molar-refractivity contribution in [2.24, 2.45) is 0 Å². The molecule has 0 saturated carbocycles. The van der Waals surface area contributed by atoms with Crippen molar-refractivity contribution in [3.05, 3.63) is 51.5 Å². The molecule has 0 aliphatic heterocycles. The second kappa shape index (κ2) is 5.55. The molecular formula is C14H10BrClO2. The fraction of sp³-hybridized carbons (Fsp3) is 0.0714. The highest BCUT2D eigenvalue weighted by molar-refractivity contribution is 9.10. The number of halogens is 2. The summed E-state index contributed by atoms with van der Waals surface area (Å²) in [5, 5.41) is 0.631. The predicted octanol–water partition coefficient (Wildman–Crippen LogP) is 4.59. The lowest BCUT2D eigenvalue weighted by Gasteiger charge is -2.10. The van der Waals surface area contributed by atoms with E-state index in [9.17, 15) is 4.79 Å². The van der Waals surface area contributed by atoms with E-state index in [0.717, 1.165) is 21.9 Å². The van der Waals surface area contributed by atoms with E-state index < -0.39 is 0 Å². The van der Waals surface area contributed by atoms with E-state index in [1.54, 1.807) is 12.1 Å². The van der Waals surface area contributed by atoms with Crippen LogP contribution < -0.4 is 4.74 Å². The summed E-state index contributed by atoms with van der Waals surface area (Å²) in [5.41, 5.74) is 2.24. The van der Waals surface area contributed by atoms with Crippen molar-refractivity contribution >= 4 is 33.8 Å². The molecule has 0 N–H and O–H groups in total. The molecule has 0 saturated heterocycles. The van der Waals surface area contributed by atoms with Gasteiger partial charge in [0.2, 0.25) is 0 Å². The number of ether oxygens (including phenoxy) is 1. The third-order valence-electron chi connectivity index (χ3n) is 2.61. The summed E-state index contributed by atoms with van der Waals surface area (Å²) in [6, 6.07) is 11.0. The summed E-state index contributed by atoms with van der Waals surface area (Å²) < 4.78 is 6.00. The maximum Gasteiger partial charge on any atom is 0.153 e. The van der Waals surface area contributed by atoms with Crippen LogP contribution in [0, 0.1) is 0 Å². The van der Waals surface area contributed by atoms with Crippen LogP contribution in [0.15, 0.2) is 40.9 Å². The molecule has 18 heavy (non-hydrogen) atoms. The lowest BCUT2D eigenvalue weighted by Crippen LogP contribution is -1.91. The molecule has 0 aromatic heterocycles. The van der Waals surface area contributed by atoms with Gasteiger partial charge in [0.05, 0.1) is 12.7 Å². The average Bonchev–Trinajstić information content (AvgIpc) is 2.38. The van der Waals surface area contributed by atoms with E-state index >= 15 is 0 Å². The van der Waals surface area contributed by atoms with Crippen LogP contribution in [-0.2, 0) is 0 Å². The fourth-order valence-electron chi connectivity index (χ4n) is 1.76. The zero-order chi connectivity index (χ0) is 13.1. The van der Waals surface area contributed by atoms with Gasteiger partial charge >= 0.3 is 0 Å². The minimum absolute atomic E-state index is 0.502. The van der Waals surface area contributed by atoms with Gasteiger partial charge in [-0.2, -0.15) is 0 Å². The predicted molar refractivity (Wildman–Crippen MR) is 76.5 cm³/mol. The zero-order valence-corrected chi connectivity index (χ0v) is 12.0. The smallest absolute Gasteiger partial charge is 0.153 e. The van der Waals surface area contributed by atoms with Crippen molar-refractivity contribution in [3.63, 3.8) is 0 Å². The Morgan fingerprint density at radius 3 is 2.67 bits per heavy atom. The topological polar surface area (TPSA) is 26.3 Å². The second-order valence-corrected chi connectivity index (χ2v) is 4.93. The van der Waals surface area contributed by atoms with Crippen molar-refractivity contribution in [1.82, 2.24) is 0 Å². The molecule has 4 heteroatoms. The highest BCUT2D eigenvalue weighted by atomic mass is 79.9. The van der Waals surface area contributed by atoms with Crippen LogP contribution in [0.25, 0.3) is 11.1 Å². The summed E-state index contributed by atoms with van der Waals surface area (Å²) in [6.07, 6.45) is 0.771. The number of hydrogen-bond acceptors (Lipinski definition) is 2. The monoisotopic (exact) mass is 324 g/mol. The number of aldehydes is 1. The minimum Gasteiger partial charge on any atom is -0.496 e. The first-order valence-electron chi connectivity index (χ1n) is 5.25. The van der Waals surface area contributed by atoms with Crippen LogP contribution in [-0.4, -0.2) is 13.4 Å². The maximum absolute atomic E-state index is 11.0. The highest BCUT2D eigenvalue weighted by Gasteiger charge is 2.10. The van der Waals surface area contributed by atoms with E-state index in [2.05, 4.69) is 15.9 Å². The van der Waals surface area contributed by atoms with Crippen LogP contribution in [0.5, 0.6) is 5.75 Å². The fourth-order valence-corrected chi connectivity index (χ4v) is 2.75. The second-order valence-electron chi connectivity index (χ2n) is 3.67. The number of rotatable bonds is 3. The van der Waals surface area contributed by atoms with Gasteiger partial charge in [0.25, 0.3) is 0 Å². The molecule has 0 heterocycles. The Balaban J connectivity index is 2.61. The Hall–Kier alpha value is -1.32. The molecule has 2 aromatic carbocycles. The Labute approximate surface area is 119 Å². The standard InChI is InChI=1S/C14H10BrClO2/c1-18-13-6-5-9(7-10(13)8-17)14-11(15)3-2-4-12(14)16/h2-8H,1H3. The van der Waals surface area contributed by atoms with Crippen molar-refractivity contribution < 1.29 is 9.53 Å². The molecule has 2 aromatic rings. The Bertz CT molecular complexity index is 576. The van der Waals surface area contributed by atoms with Gasteiger partial charge in [-0.3, -0.25) is 4.79 Å². The Morgan fingerprint density at radius 1 is 1.28 bits per heavy atom. The van der Waals surface area contributed by atoms with E-state index in [0.29, 0.717) is 16.3 Å². The Morgan fingerprint density at radius 2 is 2.06 bits per heavy atom. The molecule has 0 radical (unpaired) electrons. The molecule has 2 nitrogen and oxygen atoms in total. The molecule has 2 rings (SSSR count). The molecule has 0 amide bonds. The van der Waals surface area contributed by atoms with Gasteiger partial charge < -0.3 is 4.74 Å². The quantitative estimate of drug-likeness (QED) is 0.771. The van der Waals surface area contributed by atoms with Gasteiger partial charge in [-0.15, -0.1) is 0 Å². The molecule has 0 atom stereocenters. The summed E-state index contributed by atoms with van der Waals surface area (Å²) in [4.78, 5) is 11.0. The van der Waals surface area contributed by atoms with E-state index in [4.69, 9.17) is 16.3 Å². The molecular weight excluding hydrogens is 316 g/mol. The SMILES string of the molecule is COc1ccc(-c2c(Cl)cccc2Br)cc1C=O. The van der Waals surface area contributed by atoms with Gasteiger partial charge in [0, 0.05) is 15.1 Å². The number of carbonyl (C=O) groups excluding carboxylic acids is 1. The lowest BCUT2D eigenvalue weighted by molar-refractivity contribution is 0.112. The number of carbonyl (C=O) groups is 1. The number of hydrogen-bond donors (Lipinski definition) is 0. The molecule has 0 spiro atoms. The van der Waals surface area contributed by atoms with E-state index in [1.807, 2.05) is 24.3 Å². The van der Waals surface area contributed by atoms with Gasteiger partial charge in [0.1, 0.15) is 5.75 Å². The third kappa shape index (κ3) is 2.42. The molecule has 0 aliphatic carbocycles. The first-order chi connectivity index (χ1) is 8.67. The lowest BCUT2D eigenvalue weighted by atomic mass is 10.0. The van der Waals surface area contributed by atoms with Crippen molar-refractivity contribution in [1.29, 1.82) is 0 Å². The van der Waals surface area contributed by atoms with Crippen LogP contribution in [0.2, 0.25) is 5.02 Å². The Kier molecular flexibility index (Phi) is 4.04. The number of benzene rings is 2. The first-order valence-corrected chi connectivity index (χ1v) is 6.42. The third-order valence-corrected chi connectivity index (χ3v) is 3.58. The molecule has 0 bridgehead atoms. The highest BCUT2D eigenvalue weighted by Crippen LogP contribution is 2.36. The van der Waals surface area contributed by atoms with Crippen molar-refractivity contribution in [2.75, 3.05) is 7.11 Å². The van der Waals surface area contributed by atoms with Crippen LogP contribution >= 0.6 is 27.5 Å². The van der Waals surface area contributed by atoms with E-state index in [1.165, 1.54) is 7.11 Å². The molecule has 0 fully saturated rings. The zero-order valence-electron chi connectivity index (χ0n) is 9.61. The summed E-state index contributed by atoms with van der Waals surface area (Å²) in [5.74, 6) is 0.553. The van der Waals surface area contributed by atoms with Gasteiger partial charge in [-0.25, -0.2) is 0 Å². The largest absolute Gasteiger partial charge is 0.496 e. The minimum atomic E-state index is 0.502. The first kappa shape index (κ1) is 13.1. The van der Waals surface area contributed by atoms with Gasteiger partial charge in [-0.05, 0) is 29.8 Å². The normalized spacial score (nSPS) is 10.2. The summed E-state index contributed by atoms with van der Waals surface area (Å²) in [7, 11) is 1.54. The van der Waals surface area contributed by atoms with Crippen LogP contribution in [0.1, 0.15) is 10.4 Å². The van der Waals surface area contributed by atoms with Crippen molar-refractivity contribution in [3.8, 4) is 16.9 Å². The average molecular weight is 326 g/mol. The van der Waals surface area contributed by atoms with Crippen LogP contribution in [0.3, 0.4) is 0 Å². The number of methoxy groups -OCH3 is 1. The van der Waals surface area contributed by atoms with Gasteiger partial charge in [-0.1, -0.05) is 39.7 Å². The maximum atomic E-state index is 11.0. The van der Waals surface area contributed by atoms with Crippen molar-refractivity contribution in [2.45, 2.75) is 0 Å². The van der Waals surface area contributed by atoms with E-state index in [-0.39, 0.29) is 0 Å². The van der Waals surface area contributed by atoms with Crippen LogP contribution in [0.4, 0.5) is 0 Å². The molecule has 0 unspecified atom stereocenters. The molecule has 0 aliphatic rings. The summed E-state index contributed by atoms with van der Waals surface area (Å²) in [6.45, 7) is 0. The van der Waals surface area contributed by atoms with Gasteiger partial charge in [0.15, 0.2) is 6.29 Å². The summed E-state index contributed by atoms with van der Waals surface area (Å²) >= 11 is 9.65.